The van der Waals surface area contributed by atoms with Gasteiger partial charge in [0.2, 0.25) is 0 Å². The van der Waals surface area contributed by atoms with E-state index < -0.39 is 0 Å². The first kappa shape index (κ1) is 12.6. The molecule has 1 heterocycles. The number of nitriles is 1. The Labute approximate surface area is 128 Å². The summed E-state index contributed by atoms with van der Waals surface area (Å²) in [6.45, 7) is 0. The van der Waals surface area contributed by atoms with E-state index in [9.17, 15) is 0 Å². The number of benzene rings is 3. The Bertz CT molecular complexity index is 1040. The lowest BCUT2D eigenvalue weighted by atomic mass is 9.99. The number of fused-ring (bicyclic) bond motifs is 3. The molecule has 0 N–H and O–H groups in total. The molecule has 4 aromatic rings. The first-order valence-electron chi connectivity index (χ1n) is 7.15. The Morgan fingerprint density at radius 3 is 2.27 bits per heavy atom. The van der Waals surface area contributed by atoms with Crippen LogP contribution in [0.15, 0.2) is 72.8 Å². The zero-order valence-corrected chi connectivity index (χ0v) is 11.8. The molecule has 22 heavy (non-hydrogen) atoms. The largest absolute Gasteiger partial charge is 0.247 e. The van der Waals surface area contributed by atoms with Crippen LogP contribution in [0.1, 0.15) is 5.56 Å². The van der Waals surface area contributed by atoms with Crippen molar-refractivity contribution in [1.82, 2.24) is 4.98 Å². The summed E-state index contributed by atoms with van der Waals surface area (Å²) in [6.07, 6.45) is 0. The maximum Gasteiger partial charge on any atom is 0.0991 e. The molecule has 102 valence electrons. The normalized spacial score (nSPS) is 10.7. The summed E-state index contributed by atoms with van der Waals surface area (Å²) in [6, 6.07) is 26.2. The monoisotopic (exact) mass is 280 g/mol. The average molecular weight is 280 g/mol. The van der Waals surface area contributed by atoms with Crippen LogP contribution >= 0.6 is 0 Å². The van der Waals surface area contributed by atoms with Gasteiger partial charge in [-0.2, -0.15) is 5.26 Å². The zero-order chi connectivity index (χ0) is 14.9. The summed E-state index contributed by atoms with van der Waals surface area (Å²) in [5.41, 5.74) is 3.52. The fourth-order valence-electron chi connectivity index (χ4n) is 2.86. The summed E-state index contributed by atoms with van der Waals surface area (Å²) >= 11 is 0. The Kier molecular flexibility index (Phi) is 2.84. The molecule has 2 heteroatoms. The number of hydrogen-bond donors (Lipinski definition) is 0. The van der Waals surface area contributed by atoms with Crippen molar-refractivity contribution in [2.45, 2.75) is 0 Å². The molecule has 0 aliphatic rings. The van der Waals surface area contributed by atoms with Crippen LogP contribution in [-0.4, -0.2) is 4.98 Å². The van der Waals surface area contributed by atoms with Crippen molar-refractivity contribution in [1.29, 1.82) is 5.26 Å². The Balaban J connectivity index is 2.14. The van der Waals surface area contributed by atoms with Crippen molar-refractivity contribution in [2.24, 2.45) is 0 Å². The third-order valence-electron chi connectivity index (χ3n) is 3.87. The van der Waals surface area contributed by atoms with E-state index in [0.29, 0.717) is 5.56 Å². The van der Waals surface area contributed by atoms with Gasteiger partial charge in [0.1, 0.15) is 0 Å². The number of hydrogen-bond acceptors (Lipinski definition) is 2. The van der Waals surface area contributed by atoms with Crippen LogP contribution in [0.5, 0.6) is 0 Å². The molecule has 0 fully saturated rings. The van der Waals surface area contributed by atoms with Crippen molar-refractivity contribution in [3.05, 3.63) is 78.4 Å². The van der Waals surface area contributed by atoms with Crippen molar-refractivity contribution in [3.63, 3.8) is 0 Å². The van der Waals surface area contributed by atoms with Gasteiger partial charge in [0, 0.05) is 16.3 Å². The second-order valence-electron chi connectivity index (χ2n) is 5.22. The molecular formula is C20H12N2. The van der Waals surface area contributed by atoms with Gasteiger partial charge in [-0.3, -0.25) is 0 Å². The van der Waals surface area contributed by atoms with Gasteiger partial charge in [0.05, 0.1) is 22.8 Å². The third-order valence-corrected chi connectivity index (χ3v) is 3.87. The molecule has 0 aliphatic carbocycles. The highest BCUT2D eigenvalue weighted by molar-refractivity contribution is 6.10. The van der Waals surface area contributed by atoms with Gasteiger partial charge in [0.25, 0.3) is 0 Å². The lowest BCUT2D eigenvalue weighted by Crippen LogP contribution is -1.90. The maximum atomic E-state index is 9.12. The molecule has 0 amide bonds. The number of aromatic nitrogens is 1. The fraction of sp³-hybridized carbons (Fsp3) is 0. The zero-order valence-electron chi connectivity index (χ0n) is 11.8. The van der Waals surface area contributed by atoms with Crippen LogP contribution < -0.4 is 0 Å². The molecule has 1 aromatic heterocycles. The first-order valence-corrected chi connectivity index (χ1v) is 7.15. The fourth-order valence-corrected chi connectivity index (χ4v) is 2.86. The minimum Gasteiger partial charge on any atom is -0.247 e. The maximum absolute atomic E-state index is 9.12. The minimum absolute atomic E-state index is 0.650. The number of rotatable bonds is 1. The van der Waals surface area contributed by atoms with Crippen LogP contribution in [-0.2, 0) is 0 Å². The molecule has 2 nitrogen and oxygen atoms in total. The van der Waals surface area contributed by atoms with E-state index in [2.05, 4.69) is 24.3 Å². The molecular weight excluding hydrogens is 268 g/mol. The van der Waals surface area contributed by atoms with Gasteiger partial charge in [-0.1, -0.05) is 54.6 Å². The summed E-state index contributed by atoms with van der Waals surface area (Å²) in [4.78, 5) is 4.84. The number of nitrogens with zero attached hydrogens (tertiary/aromatic N) is 2. The van der Waals surface area contributed by atoms with Crippen molar-refractivity contribution < 1.29 is 0 Å². The lowest BCUT2D eigenvalue weighted by Gasteiger charge is -2.10. The van der Waals surface area contributed by atoms with E-state index in [1.54, 1.807) is 0 Å². The Morgan fingerprint density at radius 2 is 1.45 bits per heavy atom. The highest BCUT2D eigenvalue weighted by Crippen LogP contribution is 2.32. The van der Waals surface area contributed by atoms with E-state index in [4.69, 9.17) is 10.2 Å². The second kappa shape index (κ2) is 4.98. The lowest BCUT2D eigenvalue weighted by molar-refractivity contribution is 1.42. The minimum atomic E-state index is 0.650. The predicted octanol–water partition coefficient (Wildman–Crippen LogP) is 4.93. The van der Waals surface area contributed by atoms with Crippen LogP contribution in [0.25, 0.3) is 32.9 Å². The van der Waals surface area contributed by atoms with Gasteiger partial charge in [0.15, 0.2) is 0 Å². The molecule has 0 unspecified atom stereocenters. The Morgan fingerprint density at radius 1 is 0.727 bits per heavy atom. The molecule has 0 spiro atoms. The standard InChI is InChI=1S/C20H12N2/c21-13-14-6-5-7-15(12-14)20-18-10-2-1-8-16(18)17-9-3-4-11-19(17)22-20/h1-12H. The summed E-state index contributed by atoms with van der Waals surface area (Å²) in [5.74, 6) is 0. The highest BCUT2D eigenvalue weighted by Gasteiger charge is 2.09. The van der Waals surface area contributed by atoms with Crippen LogP contribution in [0.4, 0.5) is 0 Å². The first-order chi connectivity index (χ1) is 10.9. The van der Waals surface area contributed by atoms with E-state index in [0.717, 1.165) is 27.5 Å². The smallest absolute Gasteiger partial charge is 0.0991 e. The molecule has 0 radical (unpaired) electrons. The predicted molar refractivity (Wildman–Crippen MR) is 89.4 cm³/mol. The van der Waals surface area contributed by atoms with E-state index in [1.807, 2.05) is 54.6 Å². The average Bonchev–Trinajstić information content (AvgIpc) is 2.61. The second-order valence-corrected chi connectivity index (χ2v) is 5.22. The summed E-state index contributed by atoms with van der Waals surface area (Å²) < 4.78 is 0. The molecule has 0 aliphatic heterocycles. The number of para-hydroxylation sites is 1. The van der Waals surface area contributed by atoms with E-state index >= 15 is 0 Å². The van der Waals surface area contributed by atoms with E-state index in [-0.39, 0.29) is 0 Å². The van der Waals surface area contributed by atoms with Crippen molar-refractivity contribution in [3.8, 4) is 17.3 Å². The third kappa shape index (κ3) is 1.92. The molecule has 0 bridgehead atoms. The molecule has 0 atom stereocenters. The Hall–Kier alpha value is -3.18. The van der Waals surface area contributed by atoms with Gasteiger partial charge < -0.3 is 0 Å². The number of pyridine rings is 1. The van der Waals surface area contributed by atoms with Crippen molar-refractivity contribution >= 4 is 21.7 Å². The molecule has 4 rings (SSSR count). The highest BCUT2D eigenvalue weighted by atomic mass is 14.7. The van der Waals surface area contributed by atoms with Crippen LogP contribution in [0.2, 0.25) is 0 Å². The van der Waals surface area contributed by atoms with Crippen molar-refractivity contribution in [2.75, 3.05) is 0 Å². The van der Waals surface area contributed by atoms with Gasteiger partial charge in [-0.15, -0.1) is 0 Å². The SMILES string of the molecule is N#Cc1cccc(-c2nc3ccccc3c3ccccc23)c1. The van der Waals surface area contributed by atoms with Gasteiger partial charge in [-0.25, -0.2) is 4.98 Å². The topological polar surface area (TPSA) is 36.7 Å². The molecule has 3 aromatic carbocycles. The molecule has 0 saturated heterocycles. The quantitative estimate of drug-likeness (QED) is 0.464. The summed E-state index contributed by atoms with van der Waals surface area (Å²) in [5, 5.41) is 12.6. The van der Waals surface area contributed by atoms with Gasteiger partial charge in [-0.05, 0) is 23.6 Å². The van der Waals surface area contributed by atoms with E-state index in [1.165, 1.54) is 5.39 Å². The van der Waals surface area contributed by atoms with Crippen LogP contribution in [0, 0.1) is 11.3 Å². The van der Waals surface area contributed by atoms with Crippen LogP contribution in [0.3, 0.4) is 0 Å². The van der Waals surface area contributed by atoms with Gasteiger partial charge >= 0.3 is 0 Å². The molecule has 0 saturated carbocycles. The summed E-state index contributed by atoms with van der Waals surface area (Å²) in [7, 11) is 0.